The first kappa shape index (κ1) is 32.1. The molecular formula is C37H48N4O5. The quantitative estimate of drug-likeness (QED) is 0.242. The SMILES string of the molecule is COc1ccc(C2CCC(CN(C(=O)C3CCC(OC(=O)NCCO)CC3)c3cccc(-c4cnn(C5CC5)c4)c3)CC2)cc1C. The molecular weight excluding hydrogens is 580 g/mol. The van der Waals surface area contributed by atoms with Gasteiger partial charge in [-0.1, -0.05) is 24.3 Å². The lowest BCUT2D eigenvalue weighted by Gasteiger charge is -2.36. The number of amides is 2. The molecule has 0 atom stereocenters. The van der Waals surface area contributed by atoms with Crippen molar-refractivity contribution < 1.29 is 24.2 Å². The molecule has 3 saturated carbocycles. The van der Waals surface area contributed by atoms with Crippen LogP contribution in [0.25, 0.3) is 11.1 Å². The summed E-state index contributed by atoms with van der Waals surface area (Å²) in [6, 6.07) is 15.5. The molecule has 3 aliphatic rings. The van der Waals surface area contributed by atoms with E-state index in [1.807, 2.05) is 6.20 Å². The number of aliphatic hydroxyl groups is 1. The van der Waals surface area contributed by atoms with Crippen molar-refractivity contribution >= 4 is 17.7 Å². The summed E-state index contributed by atoms with van der Waals surface area (Å²) in [6.45, 7) is 2.86. The van der Waals surface area contributed by atoms with E-state index in [4.69, 9.17) is 14.6 Å². The Hall–Kier alpha value is -3.85. The maximum atomic E-state index is 14.3. The Morgan fingerprint density at radius 2 is 1.76 bits per heavy atom. The molecule has 1 aromatic heterocycles. The van der Waals surface area contributed by atoms with Crippen molar-refractivity contribution in [2.75, 3.05) is 31.7 Å². The zero-order valence-corrected chi connectivity index (χ0v) is 27.2. The second-order valence-electron chi connectivity index (χ2n) is 13.4. The van der Waals surface area contributed by atoms with E-state index in [1.165, 1.54) is 24.0 Å². The molecule has 0 bridgehead atoms. The van der Waals surface area contributed by atoms with Gasteiger partial charge in [0.1, 0.15) is 11.9 Å². The van der Waals surface area contributed by atoms with E-state index in [0.717, 1.165) is 48.2 Å². The second-order valence-corrected chi connectivity index (χ2v) is 13.4. The molecule has 1 heterocycles. The molecule has 46 heavy (non-hydrogen) atoms. The Labute approximate surface area is 272 Å². The second kappa shape index (κ2) is 14.7. The zero-order valence-electron chi connectivity index (χ0n) is 27.2. The Morgan fingerprint density at radius 1 is 0.978 bits per heavy atom. The van der Waals surface area contributed by atoms with Crippen LogP contribution in [0.2, 0.25) is 0 Å². The molecule has 3 aromatic rings. The number of aryl methyl sites for hydroxylation is 1. The Bertz CT molecular complexity index is 1480. The van der Waals surface area contributed by atoms with Crippen molar-refractivity contribution in [3.63, 3.8) is 0 Å². The van der Waals surface area contributed by atoms with E-state index in [-0.39, 0.29) is 31.1 Å². The molecule has 2 aromatic carbocycles. The Morgan fingerprint density at radius 3 is 2.46 bits per heavy atom. The summed E-state index contributed by atoms with van der Waals surface area (Å²) in [4.78, 5) is 28.4. The van der Waals surface area contributed by atoms with Crippen LogP contribution < -0.4 is 15.0 Å². The van der Waals surface area contributed by atoms with Crippen LogP contribution in [0.3, 0.4) is 0 Å². The number of nitrogens with zero attached hydrogens (tertiary/aromatic N) is 3. The largest absolute Gasteiger partial charge is 0.496 e. The Balaban J connectivity index is 1.15. The van der Waals surface area contributed by atoms with Gasteiger partial charge in [0.25, 0.3) is 0 Å². The topological polar surface area (TPSA) is 106 Å². The first-order chi connectivity index (χ1) is 22.4. The van der Waals surface area contributed by atoms with E-state index in [9.17, 15) is 9.59 Å². The number of ether oxygens (including phenoxy) is 2. The average molecular weight is 629 g/mol. The molecule has 246 valence electrons. The molecule has 9 nitrogen and oxygen atoms in total. The number of methoxy groups -OCH3 is 1. The normalized spacial score (nSPS) is 23.0. The standard InChI is InChI=1S/C37H48N4O5/c1-25-20-30(12-17-35(25)45-2)27-8-6-26(7-9-27)23-40(36(43)28-10-15-34(16-11-28)46-37(44)38-18-19-42)33-5-3-4-29(21-33)31-22-39-41(24-31)32-13-14-32/h3-5,12,17,20-22,24,26-28,32,34,42H,6-11,13-16,18-19,23H2,1-2H3,(H,38,44). The van der Waals surface area contributed by atoms with E-state index in [0.29, 0.717) is 50.1 Å². The molecule has 2 amide bonds. The number of benzene rings is 2. The monoisotopic (exact) mass is 628 g/mol. The van der Waals surface area contributed by atoms with Crippen molar-refractivity contribution in [3.8, 4) is 16.9 Å². The van der Waals surface area contributed by atoms with Gasteiger partial charge in [0.15, 0.2) is 0 Å². The summed E-state index contributed by atoms with van der Waals surface area (Å²) >= 11 is 0. The van der Waals surface area contributed by atoms with Crippen LogP contribution in [-0.4, -0.2) is 59.8 Å². The van der Waals surface area contributed by atoms with E-state index < -0.39 is 6.09 Å². The fourth-order valence-corrected chi connectivity index (χ4v) is 7.29. The molecule has 6 rings (SSSR count). The maximum absolute atomic E-state index is 14.3. The van der Waals surface area contributed by atoms with E-state index in [1.54, 1.807) is 7.11 Å². The predicted molar refractivity (Wildman–Crippen MR) is 178 cm³/mol. The third-order valence-corrected chi connectivity index (χ3v) is 10.1. The minimum atomic E-state index is -0.507. The first-order valence-electron chi connectivity index (χ1n) is 17.1. The van der Waals surface area contributed by atoms with Gasteiger partial charge in [-0.25, -0.2) is 4.79 Å². The summed E-state index contributed by atoms with van der Waals surface area (Å²) in [5.74, 6) is 1.94. The van der Waals surface area contributed by atoms with Gasteiger partial charge in [-0.2, -0.15) is 5.10 Å². The molecule has 0 aliphatic heterocycles. The van der Waals surface area contributed by atoms with Crippen molar-refractivity contribution in [2.45, 2.75) is 89.2 Å². The summed E-state index contributed by atoms with van der Waals surface area (Å²) in [6.07, 6.45) is 12.8. The lowest BCUT2D eigenvalue weighted by Crippen LogP contribution is -2.42. The number of rotatable bonds is 11. The van der Waals surface area contributed by atoms with Crippen LogP contribution in [-0.2, 0) is 9.53 Å². The third-order valence-electron chi connectivity index (χ3n) is 10.1. The number of aliphatic hydroxyl groups excluding tert-OH is 1. The molecule has 3 fully saturated rings. The van der Waals surface area contributed by atoms with Crippen LogP contribution in [0.15, 0.2) is 54.9 Å². The summed E-state index contributed by atoms with van der Waals surface area (Å²) in [7, 11) is 1.72. The fourth-order valence-electron chi connectivity index (χ4n) is 7.29. The molecule has 9 heteroatoms. The molecule has 2 N–H and O–H groups in total. The molecule has 3 aliphatic carbocycles. The number of hydrogen-bond donors (Lipinski definition) is 2. The highest BCUT2D eigenvalue weighted by molar-refractivity contribution is 5.95. The highest BCUT2D eigenvalue weighted by Crippen LogP contribution is 2.40. The molecule has 0 spiro atoms. The van der Waals surface area contributed by atoms with Gasteiger partial charge in [-0.15, -0.1) is 0 Å². The molecule has 0 radical (unpaired) electrons. The van der Waals surface area contributed by atoms with Crippen molar-refractivity contribution in [1.82, 2.24) is 15.1 Å². The maximum Gasteiger partial charge on any atom is 0.407 e. The summed E-state index contributed by atoms with van der Waals surface area (Å²) < 4.78 is 13.1. The van der Waals surface area contributed by atoms with Gasteiger partial charge in [-0.05, 0) is 118 Å². The van der Waals surface area contributed by atoms with Gasteiger partial charge in [-0.3, -0.25) is 9.48 Å². The minimum Gasteiger partial charge on any atom is -0.496 e. The highest BCUT2D eigenvalue weighted by Gasteiger charge is 2.34. The van der Waals surface area contributed by atoms with Crippen molar-refractivity contribution in [3.05, 3.63) is 66.0 Å². The van der Waals surface area contributed by atoms with Crippen LogP contribution >= 0.6 is 0 Å². The fraction of sp³-hybridized carbons (Fsp3) is 0.541. The lowest BCUT2D eigenvalue weighted by molar-refractivity contribution is -0.124. The third kappa shape index (κ3) is 7.74. The number of carbonyl (C=O) groups excluding carboxylic acids is 2. The van der Waals surface area contributed by atoms with Crippen molar-refractivity contribution in [1.29, 1.82) is 0 Å². The van der Waals surface area contributed by atoms with Crippen LogP contribution in [0.4, 0.5) is 10.5 Å². The van der Waals surface area contributed by atoms with Gasteiger partial charge in [0.05, 0.1) is 26.0 Å². The average Bonchev–Trinajstić information content (AvgIpc) is 3.82. The number of carbonyl (C=O) groups is 2. The minimum absolute atomic E-state index is 0.111. The Kier molecular flexibility index (Phi) is 10.3. The van der Waals surface area contributed by atoms with Crippen LogP contribution in [0, 0.1) is 18.8 Å². The number of aromatic nitrogens is 2. The van der Waals surface area contributed by atoms with Gasteiger partial charge in [0.2, 0.25) is 5.91 Å². The summed E-state index contributed by atoms with van der Waals surface area (Å²) in [5.41, 5.74) is 5.65. The van der Waals surface area contributed by atoms with Crippen molar-refractivity contribution in [2.24, 2.45) is 11.8 Å². The molecule has 0 saturated heterocycles. The first-order valence-corrected chi connectivity index (χ1v) is 17.1. The highest BCUT2D eigenvalue weighted by atomic mass is 16.6. The zero-order chi connectivity index (χ0) is 32.0. The predicted octanol–water partition coefficient (Wildman–Crippen LogP) is 6.79. The smallest absolute Gasteiger partial charge is 0.407 e. The lowest BCUT2D eigenvalue weighted by atomic mass is 9.78. The van der Waals surface area contributed by atoms with Gasteiger partial charge in [0, 0.05) is 36.5 Å². The number of hydrogen-bond acceptors (Lipinski definition) is 6. The van der Waals surface area contributed by atoms with Crippen LogP contribution in [0.5, 0.6) is 5.75 Å². The van der Waals surface area contributed by atoms with Gasteiger partial charge < -0.3 is 24.8 Å². The van der Waals surface area contributed by atoms with Gasteiger partial charge >= 0.3 is 6.09 Å². The van der Waals surface area contributed by atoms with E-state index in [2.05, 4.69) is 75.6 Å². The van der Waals surface area contributed by atoms with Crippen LogP contribution in [0.1, 0.15) is 87.3 Å². The van der Waals surface area contributed by atoms with E-state index >= 15 is 0 Å². The summed E-state index contributed by atoms with van der Waals surface area (Å²) in [5, 5.41) is 16.1. The number of nitrogens with one attached hydrogen (secondary N) is 1. The number of alkyl carbamates (subject to hydrolysis) is 1. The number of anilines is 1. The molecule has 0 unspecified atom stereocenters.